The van der Waals surface area contributed by atoms with Crippen molar-refractivity contribution < 1.29 is 27.5 Å². The monoisotopic (exact) mass is 550 g/mol. The van der Waals surface area contributed by atoms with Gasteiger partial charge in [0.05, 0.1) is 24.2 Å². The van der Waals surface area contributed by atoms with E-state index in [9.17, 15) is 18.3 Å². The van der Waals surface area contributed by atoms with Crippen molar-refractivity contribution in [3.05, 3.63) is 96.3 Å². The molecule has 4 aromatic rings. The molecule has 8 nitrogen and oxygen atoms in total. The van der Waals surface area contributed by atoms with Crippen molar-refractivity contribution >= 4 is 26.9 Å². The Bertz CT molecular complexity index is 1450. The number of hydrogen-bond acceptors (Lipinski definition) is 6. The van der Waals surface area contributed by atoms with Crippen LogP contribution in [0.15, 0.2) is 94.2 Å². The van der Waals surface area contributed by atoms with Crippen LogP contribution in [0.4, 0.5) is 0 Å². The van der Waals surface area contributed by atoms with Gasteiger partial charge in [-0.15, -0.1) is 0 Å². The predicted octanol–water partition coefficient (Wildman–Crippen LogP) is 4.49. The summed E-state index contributed by atoms with van der Waals surface area (Å²) in [7, 11) is -2.42. The number of rotatable bonds is 12. The molecule has 4 rings (SSSR count). The standard InChI is InChI=1S/C30H34N2O6S/c1-21(2)19-32(39(35,36)25-15-13-24(37-3)14-16-25)20-27(33)26(17-22-9-5-4-6-10-22)31-30(34)29-18-23-11-7-8-12-28(23)38-29/h4-16,18,21,26-27,33H,17,19-20H2,1-3H3,(H,31,34)/t26-,27+/m0/s1. The molecular formula is C30H34N2O6S. The van der Waals surface area contributed by atoms with Gasteiger partial charge in [0.25, 0.3) is 5.91 Å². The maximum Gasteiger partial charge on any atom is 0.287 e. The van der Waals surface area contributed by atoms with Crippen molar-refractivity contribution in [1.29, 1.82) is 0 Å². The number of aliphatic hydroxyl groups excluding tert-OH is 1. The molecule has 2 N–H and O–H groups in total. The van der Waals surface area contributed by atoms with Gasteiger partial charge in [-0.25, -0.2) is 8.42 Å². The number of carbonyl (C=O) groups excluding carboxylic acids is 1. The summed E-state index contributed by atoms with van der Waals surface area (Å²) in [6, 6.07) is 23.7. The Hall–Kier alpha value is -3.66. The third kappa shape index (κ3) is 7.06. The van der Waals surface area contributed by atoms with Gasteiger partial charge in [-0.05, 0) is 54.3 Å². The van der Waals surface area contributed by atoms with E-state index in [1.165, 1.54) is 23.5 Å². The zero-order chi connectivity index (χ0) is 28.0. The van der Waals surface area contributed by atoms with Crippen molar-refractivity contribution in [2.75, 3.05) is 20.2 Å². The number of hydrogen-bond donors (Lipinski definition) is 2. The number of carbonyl (C=O) groups is 1. The zero-order valence-electron chi connectivity index (χ0n) is 22.3. The molecule has 0 unspecified atom stereocenters. The lowest BCUT2D eigenvalue weighted by atomic mass is 10.0. The Morgan fingerprint density at radius 2 is 1.64 bits per heavy atom. The number of benzene rings is 3. The van der Waals surface area contributed by atoms with Gasteiger partial charge in [-0.1, -0.05) is 62.4 Å². The maximum atomic E-state index is 13.6. The SMILES string of the molecule is COc1ccc(S(=O)(=O)N(CC(C)C)C[C@@H](O)[C@H](Cc2ccccc2)NC(=O)c2cc3ccccc3o2)cc1. The third-order valence-electron chi connectivity index (χ3n) is 6.39. The van der Waals surface area contributed by atoms with E-state index in [0.29, 0.717) is 17.8 Å². The lowest BCUT2D eigenvalue weighted by Crippen LogP contribution is -2.51. The Balaban J connectivity index is 1.60. The molecule has 0 saturated carbocycles. The highest BCUT2D eigenvalue weighted by atomic mass is 32.2. The van der Waals surface area contributed by atoms with Crippen LogP contribution in [-0.2, 0) is 16.4 Å². The third-order valence-corrected chi connectivity index (χ3v) is 8.23. The molecule has 0 spiro atoms. The van der Waals surface area contributed by atoms with Crippen LogP contribution < -0.4 is 10.1 Å². The lowest BCUT2D eigenvalue weighted by Gasteiger charge is -2.30. The first-order valence-electron chi connectivity index (χ1n) is 12.8. The Kier molecular flexibility index (Phi) is 9.06. The van der Waals surface area contributed by atoms with Crippen LogP contribution in [0.5, 0.6) is 5.75 Å². The van der Waals surface area contributed by atoms with E-state index in [1.807, 2.05) is 62.4 Å². The molecular weight excluding hydrogens is 516 g/mol. The minimum absolute atomic E-state index is 0.00272. The number of nitrogens with one attached hydrogen (secondary N) is 1. The van der Waals surface area contributed by atoms with Crippen molar-refractivity contribution in [3.63, 3.8) is 0 Å². The average Bonchev–Trinajstić information content (AvgIpc) is 3.37. The summed E-state index contributed by atoms with van der Waals surface area (Å²) in [6.45, 7) is 3.81. The van der Waals surface area contributed by atoms with Gasteiger partial charge in [0.1, 0.15) is 11.3 Å². The number of sulfonamides is 1. The van der Waals surface area contributed by atoms with E-state index in [-0.39, 0.29) is 29.7 Å². The Labute approximate surface area is 229 Å². The Morgan fingerprint density at radius 1 is 0.974 bits per heavy atom. The second-order valence-corrected chi connectivity index (χ2v) is 11.8. The second-order valence-electron chi connectivity index (χ2n) is 9.88. The van der Waals surface area contributed by atoms with E-state index >= 15 is 0 Å². The van der Waals surface area contributed by atoms with Gasteiger partial charge in [0, 0.05) is 18.5 Å². The first-order valence-corrected chi connectivity index (χ1v) is 14.3. The summed E-state index contributed by atoms with van der Waals surface area (Å²) < 4.78 is 39.3. The number of methoxy groups -OCH3 is 1. The molecule has 0 saturated heterocycles. The molecule has 0 radical (unpaired) electrons. The van der Waals surface area contributed by atoms with Crippen LogP contribution >= 0.6 is 0 Å². The molecule has 3 aromatic carbocycles. The van der Waals surface area contributed by atoms with Crippen molar-refractivity contribution in [1.82, 2.24) is 9.62 Å². The highest BCUT2D eigenvalue weighted by Crippen LogP contribution is 2.23. The number of fused-ring (bicyclic) bond motifs is 1. The van der Waals surface area contributed by atoms with Gasteiger partial charge in [-0.2, -0.15) is 4.31 Å². The largest absolute Gasteiger partial charge is 0.497 e. The first kappa shape index (κ1) is 28.4. The van der Waals surface area contributed by atoms with Crippen LogP contribution in [0.1, 0.15) is 30.0 Å². The molecule has 1 amide bonds. The lowest BCUT2D eigenvalue weighted by molar-refractivity contribution is 0.0756. The van der Waals surface area contributed by atoms with E-state index in [4.69, 9.17) is 9.15 Å². The molecule has 9 heteroatoms. The fraction of sp³-hybridized carbons (Fsp3) is 0.300. The zero-order valence-corrected chi connectivity index (χ0v) is 23.1. The normalized spacial score (nSPS) is 13.5. The molecule has 206 valence electrons. The summed E-state index contributed by atoms with van der Waals surface area (Å²) >= 11 is 0. The minimum atomic E-state index is -3.93. The predicted molar refractivity (Wildman–Crippen MR) is 150 cm³/mol. The molecule has 0 fully saturated rings. The average molecular weight is 551 g/mol. The number of para-hydroxylation sites is 1. The minimum Gasteiger partial charge on any atom is -0.497 e. The van der Waals surface area contributed by atoms with E-state index in [1.54, 1.807) is 24.3 Å². The summed E-state index contributed by atoms with van der Waals surface area (Å²) in [5.74, 6) is 0.175. The second kappa shape index (κ2) is 12.5. The molecule has 2 atom stereocenters. The van der Waals surface area contributed by atoms with Crippen LogP contribution in [0.25, 0.3) is 11.0 Å². The maximum absolute atomic E-state index is 13.6. The van der Waals surface area contributed by atoms with Crippen LogP contribution in [-0.4, -0.2) is 56.1 Å². The first-order chi connectivity index (χ1) is 18.7. The van der Waals surface area contributed by atoms with E-state index < -0.39 is 28.1 Å². The van der Waals surface area contributed by atoms with Crippen LogP contribution in [0.2, 0.25) is 0 Å². The summed E-state index contributed by atoms with van der Waals surface area (Å²) in [5, 5.41) is 15.1. The topological polar surface area (TPSA) is 109 Å². The summed E-state index contributed by atoms with van der Waals surface area (Å²) in [4.78, 5) is 13.3. The van der Waals surface area contributed by atoms with Crippen molar-refractivity contribution in [2.45, 2.75) is 37.3 Å². The number of furan rings is 1. The smallest absolute Gasteiger partial charge is 0.287 e. The molecule has 0 aliphatic rings. The van der Waals surface area contributed by atoms with E-state index in [0.717, 1.165) is 10.9 Å². The molecule has 1 aromatic heterocycles. The van der Waals surface area contributed by atoms with Crippen LogP contribution in [0, 0.1) is 5.92 Å². The quantitative estimate of drug-likeness (QED) is 0.269. The summed E-state index contributed by atoms with van der Waals surface area (Å²) in [5.41, 5.74) is 1.47. The molecule has 1 heterocycles. The van der Waals surface area contributed by atoms with Crippen molar-refractivity contribution in [2.24, 2.45) is 5.92 Å². The number of nitrogens with zero attached hydrogens (tertiary/aromatic N) is 1. The van der Waals surface area contributed by atoms with Gasteiger partial charge in [0.2, 0.25) is 10.0 Å². The van der Waals surface area contributed by atoms with Gasteiger partial charge in [-0.3, -0.25) is 4.79 Å². The molecule has 0 aliphatic heterocycles. The van der Waals surface area contributed by atoms with Crippen molar-refractivity contribution in [3.8, 4) is 5.75 Å². The molecule has 0 aliphatic carbocycles. The summed E-state index contributed by atoms with van der Waals surface area (Å²) in [6.07, 6.45) is -0.906. The van der Waals surface area contributed by atoms with Gasteiger partial charge >= 0.3 is 0 Å². The fourth-order valence-corrected chi connectivity index (χ4v) is 6.02. The van der Waals surface area contributed by atoms with Gasteiger partial charge < -0.3 is 19.6 Å². The van der Waals surface area contributed by atoms with Gasteiger partial charge in [0.15, 0.2) is 5.76 Å². The molecule has 39 heavy (non-hydrogen) atoms. The highest BCUT2D eigenvalue weighted by molar-refractivity contribution is 7.89. The number of amides is 1. The van der Waals surface area contributed by atoms with E-state index in [2.05, 4.69) is 5.32 Å². The fourth-order valence-electron chi connectivity index (χ4n) is 4.40. The Morgan fingerprint density at radius 3 is 2.28 bits per heavy atom. The van der Waals surface area contributed by atoms with Crippen LogP contribution in [0.3, 0.4) is 0 Å². The highest BCUT2D eigenvalue weighted by Gasteiger charge is 2.32. The molecule has 0 bridgehead atoms. The number of ether oxygens (including phenoxy) is 1. The number of aliphatic hydroxyl groups is 1.